The summed E-state index contributed by atoms with van der Waals surface area (Å²) in [7, 11) is -3.48. The second-order valence-corrected chi connectivity index (χ2v) is 7.94. The van der Waals surface area contributed by atoms with E-state index in [2.05, 4.69) is 4.72 Å². The third kappa shape index (κ3) is 3.44. The Kier molecular flexibility index (Phi) is 3.96. The van der Waals surface area contributed by atoms with Crippen molar-refractivity contribution in [2.24, 2.45) is 11.7 Å². The maximum Gasteiger partial charge on any atom is 0.250 e. The van der Waals surface area contributed by atoms with Gasteiger partial charge in [0, 0.05) is 12.5 Å². The monoisotopic (exact) mass is 308 g/mol. The van der Waals surface area contributed by atoms with Crippen molar-refractivity contribution in [2.75, 3.05) is 0 Å². The van der Waals surface area contributed by atoms with Crippen molar-refractivity contribution in [3.63, 3.8) is 0 Å². The number of hydrogen-bond donors (Lipinski definition) is 2. The van der Waals surface area contributed by atoms with Gasteiger partial charge >= 0.3 is 0 Å². The number of halogens is 1. The van der Waals surface area contributed by atoms with E-state index in [1.165, 1.54) is 6.07 Å². The number of sulfonamides is 1. The van der Waals surface area contributed by atoms with Crippen LogP contribution in [0, 0.1) is 5.92 Å². The molecule has 5 nitrogen and oxygen atoms in total. The topological polar surface area (TPSA) is 89.3 Å². The number of amides is 1. The van der Waals surface area contributed by atoms with Gasteiger partial charge in [0.1, 0.15) is 4.21 Å². The van der Waals surface area contributed by atoms with E-state index >= 15 is 0 Å². The molecule has 1 amide bonds. The van der Waals surface area contributed by atoms with E-state index in [0.717, 1.165) is 17.8 Å². The Labute approximate surface area is 114 Å². The lowest BCUT2D eigenvalue weighted by atomic mass is 10.2. The smallest absolute Gasteiger partial charge is 0.250 e. The van der Waals surface area contributed by atoms with Crippen LogP contribution in [-0.2, 0) is 14.8 Å². The molecule has 0 spiro atoms. The lowest BCUT2D eigenvalue weighted by Gasteiger charge is -2.03. The number of thiophene rings is 1. The van der Waals surface area contributed by atoms with Gasteiger partial charge in [-0.1, -0.05) is 11.6 Å². The van der Waals surface area contributed by atoms with E-state index in [1.807, 2.05) is 0 Å². The van der Waals surface area contributed by atoms with Crippen LogP contribution < -0.4 is 10.5 Å². The summed E-state index contributed by atoms with van der Waals surface area (Å²) in [6.07, 6.45) is 1.69. The predicted molar refractivity (Wildman–Crippen MR) is 70.0 cm³/mol. The molecule has 2 rings (SSSR count). The number of carbonyl (C=O) groups is 1. The largest absolute Gasteiger partial charge is 0.370 e. The summed E-state index contributed by atoms with van der Waals surface area (Å²) in [6.45, 7) is 0. The Hall–Kier alpha value is -0.630. The van der Waals surface area contributed by atoms with Crippen molar-refractivity contribution in [1.29, 1.82) is 0 Å². The van der Waals surface area contributed by atoms with E-state index in [1.54, 1.807) is 6.07 Å². The first-order chi connectivity index (χ1) is 8.38. The van der Waals surface area contributed by atoms with E-state index in [0.29, 0.717) is 17.2 Å². The highest BCUT2D eigenvalue weighted by molar-refractivity contribution is 7.91. The van der Waals surface area contributed by atoms with E-state index < -0.39 is 10.0 Å². The molecule has 1 aliphatic rings. The minimum Gasteiger partial charge on any atom is -0.370 e. The molecule has 2 unspecified atom stereocenters. The summed E-state index contributed by atoms with van der Waals surface area (Å²) in [4.78, 5) is 10.6. The lowest BCUT2D eigenvalue weighted by molar-refractivity contribution is -0.118. The Morgan fingerprint density at radius 2 is 2.28 bits per heavy atom. The lowest BCUT2D eigenvalue weighted by Crippen LogP contribution is -2.26. The molecule has 0 bridgehead atoms. The zero-order chi connectivity index (χ0) is 13.3. The molecule has 1 heterocycles. The highest BCUT2D eigenvalue weighted by Crippen LogP contribution is 2.36. The van der Waals surface area contributed by atoms with Crippen LogP contribution in [0.2, 0.25) is 4.34 Å². The molecule has 3 N–H and O–H groups in total. The fourth-order valence-electron chi connectivity index (χ4n) is 1.74. The van der Waals surface area contributed by atoms with Crippen LogP contribution in [-0.4, -0.2) is 20.4 Å². The molecule has 18 heavy (non-hydrogen) atoms. The van der Waals surface area contributed by atoms with E-state index in [-0.39, 0.29) is 22.1 Å². The van der Waals surface area contributed by atoms with Crippen molar-refractivity contribution in [3.05, 3.63) is 16.5 Å². The van der Waals surface area contributed by atoms with Gasteiger partial charge in [-0.15, -0.1) is 11.3 Å². The summed E-state index contributed by atoms with van der Waals surface area (Å²) >= 11 is 6.73. The number of hydrogen-bond acceptors (Lipinski definition) is 4. The van der Waals surface area contributed by atoms with Crippen LogP contribution in [0.3, 0.4) is 0 Å². The molecule has 8 heteroatoms. The average molecular weight is 309 g/mol. The summed E-state index contributed by atoms with van der Waals surface area (Å²) in [5.74, 6) is -0.142. The SMILES string of the molecule is NC(=O)CCC1CC1NS(=O)(=O)c1ccc(Cl)s1. The highest BCUT2D eigenvalue weighted by atomic mass is 35.5. The number of primary amides is 1. The highest BCUT2D eigenvalue weighted by Gasteiger charge is 2.40. The van der Waals surface area contributed by atoms with Crippen LogP contribution in [0.5, 0.6) is 0 Å². The van der Waals surface area contributed by atoms with Crippen LogP contribution in [0.15, 0.2) is 16.3 Å². The second-order valence-electron chi connectivity index (χ2n) is 4.29. The molecule has 100 valence electrons. The first kappa shape index (κ1) is 13.8. The molecule has 1 aromatic heterocycles. The fraction of sp³-hybridized carbons (Fsp3) is 0.500. The second kappa shape index (κ2) is 5.16. The van der Waals surface area contributed by atoms with Crippen LogP contribution >= 0.6 is 22.9 Å². The minimum atomic E-state index is -3.48. The number of nitrogens with one attached hydrogen (secondary N) is 1. The quantitative estimate of drug-likeness (QED) is 0.831. The van der Waals surface area contributed by atoms with Crippen molar-refractivity contribution >= 4 is 38.9 Å². The molecule has 1 fully saturated rings. The molecule has 1 saturated carbocycles. The maximum absolute atomic E-state index is 11.9. The zero-order valence-corrected chi connectivity index (χ0v) is 11.8. The number of carbonyl (C=O) groups excluding carboxylic acids is 1. The summed E-state index contributed by atoms with van der Waals surface area (Å²) in [5.41, 5.74) is 5.04. The van der Waals surface area contributed by atoms with Crippen LogP contribution in [0.25, 0.3) is 0 Å². The zero-order valence-electron chi connectivity index (χ0n) is 9.43. The van der Waals surface area contributed by atoms with Crippen molar-refractivity contribution in [2.45, 2.75) is 29.5 Å². The molecular weight excluding hydrogens is 296 g/mol. The van der Waals surface area contributed by atoms with Gasteiger partial charge in [0.25, 0.3) is 0 Å². The summed E-state index contributed by atoms with van der Waals surface area (Å²) < 4.78 is 27.1. The van der Waals surface area contributed by atoms with Crippen molar-refractivity contribution in [1.82, 2.24) is 4.72 Å². The molecular formula is C10H13ClN2O3S2. The maximum atomic E-state index is 11.9. The van der Waals surface area contributed by atoms with Gasteiger partial charge in [-0.2, -0.15) is 0 Å². The minimum absolute atomic E-state index is 0.0878. The third-order valence-corrected chi connectivity index (χ3v) is 6.02. The molecule has 1 aliphatic carbocycles. The summed E-state index contributed by atoms with van der Waals surface area (Å²) in [6, 6.07) is 2.95. The normalized spacial score (nSPS) is 22.9. The molecule has 0 saturated heterocycles. The van der Waals surface area contributed by atoms with Crippen molar-refractivity contribution in [3.8, 4) is 0 Å². The van der Waals surface area contributed by atoms with Crippen molar-refractivity contribution < 1.29 is 13.2 Å². The average Bonchev–Trinajstić information content (AvgIpc) is 2.82. The molecule has 1 aromatic rings. The van der Waals surface area contributed by atoms with Crippen LogP contribution in [0.1, 0.15) is 19.3 Å². The standard InChI is InChI=1S/C10H13ClN2O3S2/c11-8-2-4-10(17-8)18(15,16)13-7-5-6(7)1-3-9(12)14/h2,4,6-7,13H,1,3,5H2,(H2,12,14). The third-order valence-electron chi connectivity index (χ3n) is 2.80. The first-order valence-electron chi connectivity index (χ1n) is 5.44. The van der Waals surface area contributed by atoms with E-state index in [9.17, 15) is 13.2 Å². The van der Waals surface area contributed by atoms with Gasteiger partial charge in [-0.05, 0) is 30.9 Å². The number of rotatable bonds is 6. The molecule has 2 atom stereocenters. The van der Waals surface area contributed by atoms with Gasteiger partial charge < -0.3 is 5.73 Å². The van der Waals surface area contributed by atoms with Gasteiger partial charge in [0.2, 0.25) is 15.9 Å². The molecule has 0 aliphatic heterocycles. The van der Waals surface area contributed by atoms with Gasteiger partial charge in [-0.3, -0.25) is 4.79 Å². The first-order valence-corrected chi connectivity index (χ1v) is 8.12. The summed E-state index contributed by atoms with van der Waals surface area (Å²) in [5, 5.41) is 0. The molecule has 0 aromatic carbocycles. The van der Waals surface area contributed by atoms with Gasteiger partial charge in [-0.25, -0.2) is 13.1 Å². The molecule has 0 radical (unpaired) electrons. The Balaban J connectivity index is 1.89. The van der Waals surface area contributed by atoms with Gasteiger partial charge in [0.05, 0.1) is 4.34 Å². The van der Waals surface area contributed by atoms with Gasteiger partial charge in [0.15, 0.2) is 0 Å². The Morgan fingerprint density at radius 3 is 2.83 bits per heavy atom. The Bertz CT molecular complexity index is 555. The number of nitrogens with two attached hydrogens (primary N) is 1. The fourth-order valence-corrected chi connectivity index (χ4v) is 4.56. The van der Waals surface area contributed by atoms with Crippen LogP contribution in [0.4, 0.5) is 0 Å². The predicted octanol–water partition coefficient (Wildman–Crippen LogP) is 1.33. The van der Waals surface area contributed by atoms with E-state index in [4.69, 9.17) is 17.3 Å². The Morgan fingerprint density at radius 1 is 1.56 bits per heavy atom.